The standard InChI is InChI=1S/C15H20ClNO2/c1-11(2)19-13-6-4-12(5-7-13)14(18)17-15(10-16)8-3-9-15/h4-7,11H,3,8-10H2,1-2H3,(H,17,18). The van der Waals surface area contributed by atoms with Gasteiger partial charge in [0.2, 0.25) is 0 Å². The third kappa shape index (κ3) is 3.41. The van der Waals surface area contributed by atoms with Crippen LogP contribution in [0.15, 0.2) is 24.3 Å². The summed E-state index contributed by atoms with van der Waals surface area (Å²) in [4.78, 5) is 12.1. The van der Waals surface area contributed by atoms with E-state index in [1.165, 1.54) is 0 Å². The Labute approximate surface area is 119 Å². The Hall–Kier alpha value is -1.22. The second-order valence-corrected chi connectivity index (χ2v) is 5.68. The summed E-state index contributed by atoms with van der Waals surface area (Å²) in [5.74, 6) is 1.20. The lowest BCUT2D eigenvalue weighted by molar-refractivity contribution is 0.0854. The third-order valence-corrected chi connectivity index (χ3v) is 3.95. The SMILES string of the molecule is CC(C)Oc1ccc(C(=O)NC2(CCl)CCC2)cc1. The predicted molar refractivity (Wildman–Crippen MR) is 77.0 cm³/mol. The molecule has 2 rings (SSSR count). The fraction of sp³-hybridized carbons (Fsp3) is 0.533. The molecule has 1 aromatic rings. The molecule has 1 fully saturated rings. The lowest BCUT2D eigenvalue weighted by atomic mass is 9.78. The van der Waals surface area contributed by atoms with Gasteiger partial charge in [-0.25, -0.2) is 0 Å². The van der Waals surface area contributed by atoms with Gasteiger partial charge in [0.15, 0.2) is 0 Å². The Morgan fingerprint density at radius 1 is 1.37 bits per heavy atom. The van der Waals surface area contributed by atoms with Gasteiger partial charge < -0.3 is 10.1 Å². The zero-order valence-corrected chi connectivity index (χ0v) is 12.2. The molecule has 0 aromatic heterocycles. The van der Waals surface area contributed by atoms with E-state index in [0.29, 0.717) is 11.4 Å². The molecule has 1 aromatic carbocycles. The van der Waals surface area contributed by atoms with Gasteiger partial charge in [0, 0.05) is 11.4 Å². The van der Waals surface area contributed by atoms with E-state index in [2.05, 4.69) is 5.32 Å². The van der Waals surface area contributed by atoms with E-state index >= 15 is 0 Å². The van der Waals surface area contributed by atoms with Crippen LogP contribution in [0.25, 0.3) is 0 Å². The van der Waals surface area contributed by atoms with Crippen LogP contribution in [0.1, 0.15) is 43.5 Å². The molecule has 0 atom stereocenters. The van der Waals surface area contributed by atoms with Crippen molar-refractivity contribution in [1.82, 2.24) is 5.32 Å². The highest BCUT2D eigenvalue weighted by atomic mass is 35.5. The second kappa shape index (κ2) is 5.83. The Morgan fingerprint density at radius 2 is 2.00 bits per heavy atom. The van der Waals surface area contributed by atoms with Crippen molar-refractivity contribution in [3.05, 3.63) is 29.8 Å². The first-order valence-corrected chi connectivity index (χ1v) is 7.23. The zero-order valence-electron chi connectivity index (χ0n) is 11.4. The van der Waals surface area contributed by atoms with E-state index in [-0.39, 0.29) is 17.6 Å². The average Bonchev–Trinajstić information content (AvgIpc) is 2.34. The molecular weight excluding hydrogens is 262 g/mol. The average molecular weight is 282 g/mol. The smallest absolute Gasteiger partial charge is 0.251 e. The molecule has 1 amide bonds. The molecule has 0 radical (unpaired) electrons. The maximum atomic E-state index is 12.1. The van der Waals surface area contributed by atoms with Crippen LogP contribution >= 0.6 is 11.6 Å². The molecule has 1 saturated carbocycles. The van der Waals surface area contributed by atoms with Crippen LogP contribution in [0.2, 0.25) is 0 Å². The molecule has 0 unspecified atom stereocenters. The Balaban J connectivity index is 1.99. The molecule has 19 heavy (non-hydrogen) atoms. The minimum Gasteiger partial charge on any atom is -0.491 e. The van der Waals surface area contributed by atoms with E-state index in [9.17, 15) is 4.79 Å². The fourth-order valence-corrected chi connectivity index (χ4v) is 2.50. The third-order valence-electron chi connectivity index (χ3n) is 3.43. The number of hydrogen-bond donors (Lipinski definition) is 1. The van der Waals surface area contributed by atoms with E-state index in [4.69, 9.17) is 16.3 Å². The lowest BCUT2D eigenvalue weighted by Gasteiger charge is -2.41. The Bertz CT molecular complexity index is 432. The quantitative estimate of drug-likeness (QED) is 0.841. The van der Waals surface area contributed by atoms with Crippen LogP contribution in [0.5, 0.6) is 5.75 Å². The maximum Gasteiger partial charge on any atom is 0.251 e. The topological polar surface area (TPSA) is 38.3 Å². The Kier molecular flexibility index (Phi) is 4.35. The molecule has 1 N–H and O–H groups in total. The minimum absolute atomic E-state index is 0.0588. The highest BCUT2D eigenvalue weighted by Crippen LogP contribution is 2.33. The normalized spacial score (nSPS) is 16.8. The van der Waals surface area contributed by atoms with Crippen molar-refractivity contribution in [2.24, 2.45) is 0 Å². The molecule has 0 aliphatic heterocycles. The van der Waals surface area contributed by atoms with Crippen LogP contribution in [-0.2, 0) is 0 Å². The number of amides is 1. The molecule has 3 nitrogen and oxygen atoms in total. The van der Waals surface area contributed by atoms with Gasteiger partial charge in [-0.1, -0.05) is 0 Å². The first-order valence-electron chi connectivity index (χ1n) is 6.70. The van der Waals surface area contributed by atoms with E-state index < -0.39 is 0 Å². The van der Waals surface area contributed by atoms with Crippen molar-refractivity contribution >= 4 is 17.5 Å². The van der Waals surface area contributed by atoms with Gasteiger partial charge in [0.05, 0.1) is 11.6 Å². The van der Waals surface area contributed by atoms with Crippen LogP contribution in [0.3, 0.4) is 0 Å². The minimum atomic E-state index is -0.189. The summed E-state index contributed by atoms with van der Waals surface area (Å²) in [6.07, 6.45) is 3.20. The number of carbonyl (C=O) groups excluding carboxylic acids is 1. The Morgan fingerprint density at radius 3 is 2.42 bits per heavy atom. The number of ether oxygens (including phenoxy) is 1. The molecule has 0 saturated heterocycles. The van der Waals surface area contributed by atoms with E-state index in [1.807, 2.05) is 26.0 Å². The number of rotatable bonds is 5. The van der Waals surface area contributed by atoms with Crippen molar-refractivity contribution in [3.8, 4) is 5.75 Å². The van der Waals surface area contributed by atoms with Crippen molar-refractivity contribution < 1.29 is 9.53 Å². The molecule has 0 heterocycles. The summed E-state index contributed by atoms with van der Waals surface area (Å²) in [7, 11) is 0. The van der Waals surface area contributed by atoms with Gasteiger partial charge in [-0.15, -0.1) is 11.6 Å². The van der Waals surface area contributed by atoms with Gasteiger partial charge in [-0.3, -0.25) is 4.79 Å². The molecule has 0 spiro atoms. The first kappa shape index (κ1) is 14.2. The van der Waals surface area contributed by atoms with Crippen molar-refractivity contribution in [2.75, 3.05) is 5.88 Å². The van der Waals surface area contributed by atoms with Crippen molar-refractivity contribution in [2.45, 2.75) is 44.8 Å². The number of carbonyl (C=O) groups is 1. The van der Waals surface area contributed by atoms with Crippen LogP contribution in [0, 0.1) is 0 Å². The molecule has 1 aliphatic rings. The van der Waals surface area contributed by atoms with E-state index in [0.717, 1.165) is 25.0 Å². The van der Waals surface area contributed by atoms with Gasteiger partial charge in [-0.2, -0.15) is 0 Å². The molecule has 104 valence electrons. The van der Waals surface area contributed by atoms with E-state index in [1.54, 1.807) is 12.1 Å². The van der Waals surface area contributed by atoms with Crippen molar-refractivity contribution in [3.63, 3.8) is 0 Å². The number of halogens is 1. The largest absolute Gasteiger partial charge is 0.491 e. The number of hydrogen-bond acceptors (Lipinski definition) is 2. The second-order valence-electron chi connectivity index (χ2n) is 5.41. The maximum absolute atomic E-state index is 12.1. The van der Waals surface area contributed by atoms with Crippen LogP contribution in [0.4, 0.5) is 0 Å². The highest BCUT2D eigenvalue weighted by Gasteiger charge is 2.37. The van der Waals surface area contributed by atoms with Gasteiger partial charge in [-0.05, 0) is 57.4 Å². The van der Waals surface area contributed by atoms with Crippen LogP contribution in [-0.4, -0.2) is 23.4 Å². The summed E-state index contributed by atoms with van der Waals surface area (Å²) in [6.45, 7) is 3.95. The lowest BCUT2D eigenvalue weighted by Crippen LogP contribution is -2.55. The number of alkyl halides is 1. The first-order chi connectivity index (χ1) is 9.04. The zero-order chi connectivity index (χ0) is 13.9. The van der Waals surface area contributed by atoms with Gasteiger partial charge in [0.25, 0.3) is 5.91 Å². The monoisotopic (exact) mass is 281 g/mol. The number of benzene rings is 1. The summed E-state index contributed by atoms with van der Waals surface area (Å²) < 4.78 is 5.55. The molecule has 1 aliphatic carbocycles. The summed E-state index contributed by atoms with van der Waals surface area (Å²) in [5.41, 5.74) is 0.457. The van der Waals surface area contributed by atoms with Gasteiger partial charge >= 0.3 is 0 Å². The summed E-state index contributed by atoms with van der Waals surface area (Å²) in [6, 6.07) is 7.22. The molecule has 4 heteroatoms. The summed E-state index contributed by atoms with van der Waals surface area (Å²) in [5, 5.41) is 3.04. The molecule has 0 bridgehead atoms. The molecular formula is C15H20ClNO2. The fourth-order valence-electron chi connectivity index (χ4n) is 2.17. The predicted octanol–water partition coefficient (Wildman–Crippen LogP) is 3.37. The van der Waals surface area contributed by atoms with Crippen LogP contribution < -0.4 is 10.1 Å². The summed E-state index contributed by atoms with van der Waals surface area (Å²) >= 11 is 5.94. The van der Waals surface area contributed by atoms with Crippen molar-refractivity contribution in [1.29, 1.82) is 0 Å². The highest BCUT2D eigenvalue weighted by molar-refractivity contribution is 6.19. The van der Waals surface area contributed by atoms with Gasteiger partial charge in [0.1, 0.15) is 5.75 Å². The number of nitrogens with one attached hydrogen (secondary N) is 1.